The van der Waals surface area contributed by atoms with Crippen LogP contribution in [0.25, 0.3) is 0 Å². The molecule has 0 unspecified atom stereocenters. The molecule has 1 heterocycles. The van der Waals surface area contributed by atoms with Crippen LogP contribution in [0.1, 0.15) is 18.4 Å². The fraction of sp³-hybridized carbons (Fsp3) is 0.500. The Morgan fingerprint density at radius 3 is 3.11 bits per heavy atom. The van der Waals surface area contributed by atoms with Gasteiger partial charge in [0.15, 0.2) is 0 Å². The molecule has 0 saturated carbocycles. The SMILES string of the molecule is COc1cccc(C[C@H]2CCCN2CC(N)=O)c1. The summed E-state index contributed by atoms with van der Waals surface area (Å²) in [6.45, 7) is 1.34. The summed E-state index contributed by atoms with van der Waals surface area (Å²) >= 11 is 0. The monoisotopic (exact) mass is 248 g/mol. The summed E-state index contributed by atoms with van der Waals surface area (Å²) in [6.07, 6.45) is 3.22. The van der Waals surface area contributed by atoms with Gasteiger partial charge in [-0.05, 0) is 43.5 Å². The van der Waals surface area contributed by atoms with Gasteiger partial charge in [0.1, 0.15) is 5.75 Å². The smallest absolute Gasteiger partial charge is 0.231 e. The van der Waals surface area contributed by atoms with Gasteiger partial charge < -0.3 is 10.5 Å². The van der Waals surface area contributed by atoms with Crippen molar-refractivity contribution in [3.05, 3.63) is 29.8 Å². The molecule has 1 aliphatic rings. The first-order valence-corrected chi connectivity index (χ1v) is 6.34. The molecule has 0 aromatic heterocycles. The van der Waals surface area contributed by atoms with Crippen LogP contribution in [0.2, 0.25) is 0 Å². The number of carbonyl (C=O) groups excluding carboxylic acids is 1. The van der Waals surface area contributed by atoms with Crippen molar-refractivity contribution in [2.75, 3.05) is 20.2 Å². The lowest BCUT2D eigenvalue weighted by molar-refractivity contribution is -0.119. The van der Waals surface area contributed by atoms with E-state index in [9.17, 15) is 4.79 Å². The van der Waals surface area contributed by atoms with Crippen LogP contribution in [0, 0.1) is 0 Å². The van der Waals surface area contributed by atoms with Crippen LogP contribution in [0.4, 0.5) is 0 Å². The maximum absolute atomic E-state index is 11.0. The number of primary amides is 1. The highest BCUT2D eigenvalue weighted by atomic mass is 16.5. The van der Waals surface area contributed by atoms with Crippen molar-refractivity contribution in [2.24, 2.45) is 5.73 Å². The minimum atomic E-state index is -0.243. The number of nitrogens with zero attached hydrogens (tertiary/aromatic N) is 1. The summed E-state index contributed by atoms with van der Waals surface area (Å²) in [7, 11) is 1.67. The average Bonchev–Trinajstić information content (AvgIpc) is 2.76. The first-order valence-electron chi connectivity index (χ1n) is 6.34. The van der Waals surface area contributed by atoms with Crippen molar-refractivity contribution in [3.63, 3.8) is 0 Å². The van der Waals surface area contributed by atoms with Gasteiger partial charge in [-0.3, -0.25) is 9.69 Å². The molecule has 0 radical (unpaired) electrons. The molecule has 4 nitrogen and oxygen atoms in total. The topological polar surface area (TPSA) is 55.6 Å². The summed E-state index contributed by atoms with van der Waals surface area (Å²) in [6, 6.07) is 8.52. The minimum absolute atomic E-state index is 0.243. The number of amides is 1. The third-order valence-corrected chi connectivity index (χ3v) is 3.46. The molecule has 1 aromatic rings. The molecular formula is C14H20N2O2. The molecule has 1 aromatic carbocycles. The quantitative estimate of drug-likeness (QED) is 0.851. The van der Waals surface area contributed by atoms with E-state index in [1.165, 1.54) is 5.56 Å². The first-order chi connectivity index (χ1) is 8.69. The predicted octanol–water partition coefficient (Wildman–Crippen LogP) is 1.19. The number of benzene rings is 1. The molecule has 2 rings (SSSR count). The van der Waals surface area contributed by atoms with Crippen LogP contribution >= 0.6 is 0 Å². The number of hydrogen-bond acceptors (Lipinski definition) is 3. The third-order valence-electron chi connectivity index (χ3n) is 3.46. The van der Waals surface area contributed by atoms with Crippen molar-refractivity contribution < 1.29 is 9.53 Å². The molecule has 2 N–H and O–H groups in total. The lowest BCUT2D eigenvalue weighted by Crippen LogP contribution is -2.38. The minimum Gasteiger partial charge on any atom is -0.497 e. The van der Waals surface area contributed by atoms with Gasteiger partial charge in [-0.25, -0.2) is 0 Å². The Bertz CT molecular complexity index is 420. The van der Waals surface area contributed by atoms with E-state index in [0.29, 0.717) is 12.6 Å². The Morgan fingerprint density at radius 1 is 1.56 bits per heavy atom. The largest absolute Gasteiger partial charge is 0.497 e. The Hall–Kier alpha value is -1.55. The standard InChI is InChI=1S/C14H20N2O2/c1-18-13-6-2-4-11(9-13)8-12-5-3-7-16(12)10-14(15)17/h2,4,6,9,12H,3,5,7-8,10H2,1H3,(H2,15,17)/t12-/m1/s1. The van der Waals surface area contributed by atoms with Crippen molar-refractivity contribution in [3.8, 4) is 5.75 Å². The van der Waals surface area contributed by atoms with Crippen LogP contribution in [-0.2, 0) is 11.2 Å². The van der Waals surface area contributed by atoms with Crippen LogP contribution in [-0.4, -0.2) is 37.0 Å². The summed E-state index contributed by atoms with van der Waals surface area (Å²) < 4.78 is 5.22. The second-order valence-electron chi connectivity index (χ2n) is 4.79. The fourth-order valence-corrected chi connectivity index (χ4v) is 2.61. The number of carbonyl (C=O) groups is 1. The van der Waals surface area contributed by atoms with E-state index in [1.807, 2.05) is 12.1 Å². The molecule has 1 fully saturated rings. The summed E-state index contributed by atoms with van der Waals surface area (Å²) in [5, 5.41) is 0. The van der Waals surface area contributed by atoms with Gasteiger partial charge in [0.25, 0.3) is 0 Å². The number of nitrogens with two attached hydrogens (primary N) is 1. The van der Waals surface area contributed by atoms with Gasteiger partial charge in [0.2, 0.25) is 5.91 Å². The zero-order chi connectivity index (χ0) is 13.0. The van der Waals surface area contributed by atoms with Gasteiger partial charge in [-0.2, -0.15) is 0 Å². The molecule has 4 heteroatoms. The van der Waals surface area contributed by atoms with E-state index in [2.05, 4.69) is 17.0 Å². The summed E-state index contributed by atoms with van der Waals surface area (Å²) in [4.78, 5) is 13.2. The Labute approximate surface area is 108 Å². The summed E-state index contributed by atoms with van der Waals surface area (Å²) in [5.74, 6) is 0.638. The third kappa shape index (κ3) is 3.23. The zero-order valence-corrected chi connectivity index (χ0v) is 10.8. The summed E-state index contributed by atoms with van der Waals surface area (Å²) in [5.41, 5.74) is 6.52. The van der Waals surface area contributed by atoms with Gasteiger partial charge in [0, 0.05) is 6.04 Å². The van der Waals surface area contributed by atoms with Crippen LogP contribution in [0.3, 0.4) is 0 Å². The maximum atomic E-state index is 11.0. The van der Waals surface area contributed by atoms with Crippen molar-refractivity contribution in [2.45, 2.75) is 25.3 Å². The van der Waals surface area contributed by atoms with Crippen LogP contribution < -0.4 is 10.5 Å². The highest BCUT2D eigenvalue weighted by molar-refractivity contribution is 5.76. The fourth-order valence-electron chi connectivity index (χ4n) is 2.61. The van der Waals surface area contributed by atoms with Gasteiger partial charge in [0.05, 0.1) is 13.7 Å². The molecule has 98 valence electrons. The van der Waals surface area contributed by atoms with Crippen molar-refractivity contribution >= 4 is 5.91 Å². The molecule has 0 spiro atoms. The van der Waals surface area contributed by atoms with E-state index in [0.717, 1.165) is 31.6 Å². The Balaban J connectivity index is 2.00. The van der Waals surface area contributed by atoms with Crippen LogP contribution in [0.5, 0.6) is 5.75 Å². The van der Waals surface area contributed by atoms with E-state index in [4.69, 9.17) is 10.5 Å². The zero-order valence-electron chi connectivity index (χ0n) is 10.8. The van der Waals surface area contributed by atoms with Gasteiger partial charge >= 0.3 is 0 Å². The number of ether oxygens (including phenoxy) is 1. The number of methoxy groups -OCH3 is 1. The van der Waals surface area contributed by atoms with Crippen LogP contribution in [0.15, 0.2) is 24.3 Å². The second-order valence-corrected chi connectivity index (χ2v) is 4.79. The Kier molecular flexibility index (Phi) is 4.20. The Morgan fingerprint density at radius 2 is 2.39 bits per heavy atom. The van der Waals surface area contributed by atoms with Crippen molar-refractivity contribution in [1.82, 2.24) is 4.90 Å². The molecule has 1 atom stereocenters. The lowest BCUT2D eigenvalue weighted by Gasteiger charge is -2.23. The number of likely N-dealkylation sites (tertiary alicyclic amines) is 1. The molecule has 18 heavy (non-hydrogen) atoms. The van der Waals surface area contributed by atoms with Crippen molar-refractivity contribution in [1.29, 1.82) is 0 Å². The molecule has 0 bridgehead atoms. The van der Waals surface area contributed by atoms with E-state index >= 15 is 0 Å². The van der Waals surface area contributed by atoms with Gasteiger partial charge in [-0.15, -0.1) is 0 Å². The van der Waals surface area contributed by atoms with E-state index in [1.54, 1.807) is 7.11 Å². The lowest BCUT2D eigenvalue weighted by atomic mass is 10.0. The second kappa shape index (κ2) is 5.87. The highest BCUT2D eigenvalue weighted by Gasteiger charge is 2.25. The van der Waals surface area contributed by atoms with E-state index < -0.39 is 0 Å². The number of rotatable bonds is 5. The molecule has 0 aliphatic carbocycles. The first kappa shape index (κ1) is 12.9. The molecular weight excluding hydrogens is 228 g/mol. The molecule has 1 saturated heterocycles. The average molecular weight is 248 g/mol. The van der Waals surface area contributed by atoms with Gasteiger partial charge in [-0.1, -0.05) is 12.1 Å². The maximum Gasteiger partial charge on any atom is 0.231 e. The predicted molar refractivity (Wildman–Crippen MR) is 70.5 cm³/mol. The van der Waals surface area contributed by atoms with E-state index in [-0.39, 0.29) is 5.91 Å². The number of hydrogen-bond donors (Lipinski definition) is 1. The molecule has 1 amide bonds. The highest BCUT2D eigenvalue weighted by Crippen LogP contribution is 2.22. The molecule has 1 aliphatic heterocycles. The normalized spacial score (nSPS) is 19.9.